The second kappa shape index (κ2) is 6.70. The van der Waals surface area contributed by atoms with E-state index in [0.29, 0.717) is 12.3 Å². The fourth-order valence-electron chi connectivity index (χ4n) is 3.57. The van der Waals surface area contributed by atoms with Crippen LogP contribution in [-0.2, 0) is 17.8 Å². The summed E-state index contributed by atoms with van der Waals surface area (Å²) in [4.78, 5) is 25.6. The molecule has 2 aromatic rings. The molecular formula is C17H22N6O2. The Hall–Kier alpha value is -2.64. The average Bonchev–Trinajstić information content (AvgIpc) is 3.15. The Morgan fingerprint density at radius 3 is 2.72 bits per heavy atom. The molecule has 8 nitrogen and oxygen atoms in total. The first kappa shape index (κ1) is 15.9. The maximum Gasteiger partial charge on any atom is 0.226 e. The molecule has 2 aliphatic rings. The molecular weight excluding hydrogens is 320 g/mol. The molecule has 0 aromatic carbocycles. The molecule has 25 heavy (non-hydrogen) atoms. The van der Waals surface area contributed by atoms with Gasteiger partial charge in [0.1, 0.15) is 12.2 Å². The molecule has 0 N–H and O–H groups in total. The van der Waals surface area contributed by atoms with Gasteiger partial charge in [0, 0.05) is 51.1 Å². The molecule has 1 fully saturated rings. The van der Waals surface area contributed by atoms with Crippen LogP contribution in [0.5, 0.6) is 5.88 Å². The van der Waals surface area contributed by atoms with Crippen molar-refractivity contribution in [3.8, 4) is 5.88 Å². The van der Waals surface area contributed by atoms with Crippen LogP contribution in [0.15, 0.2) is 24.7 Å². The molecule has 1 amide bonds. The third-order valence-electron chi connectivity index (χ3n) is 5.05. The van der Waals surface area contributed by atoms with Crippen molar-refractivity contribution in [3.63, 3.8) is 0 Å². The van der Waals surface area contributed by atoms with Gasteiger partial charge in [-0.15, -0.1) is 0 Å². The molecule has 0 bridgehead atoms. The number of piperazine rings is 1. The number of methoxy groups -OCH3 is 1. The van der Waals surface area contributed by atoms with Crippen molar-refractivity contribution < 1.29 is 9.53 Å². The van der Waals surface area contributed by atoms with Gasteiger partial charge in [0.15, 0.2) is 0 Å². The molecule has 0 aliphatic carbocycles. The number of hydrogen-bond donors (Lipinski definition) is 0. The van der Waals surface area contributed by atoms with Crippen molar-refractivity contribution in [2.24, 2.45) is 5.92 Å². The molecule has 4 heterocycles. The highest BCUT2D eigenvalue weighted by Gasteiger charge is 2.31. The number of carbonyl (C=O) groups is 1. The van der Waals surface area contributed by atoms with Crippen LogP contribution in [0.25, 0.3) is 0 Å². The van der Waals surface area contributed by atoms with Gasteiger partial charge in [-0.05, 0) is 12.5 Å². The number of carbonyl (C=O) groups excluding carboxylic acids is 1. The number of hydrogen-bond acceptors (Lipinski definition) is 6. The summed E-state index contributed by atoms with van der Waals surface area (Å²) in [6.07, 6.45) is 4.94. The first-order chi connectivity index (χ1) is 12.2. The van der Waals surface area contributed by atoms with E-state index in [0.717, 1.165) is 50.7 Å². The highest BCUT2D eigenvalue weighted by molar-refractivity contribution is 5.79. The predicted octanol–water partition coefficient (Wildman–Crippen LogP) is 0.593. The smallest absolute Gasteiger partial charge is 0.226 e. The zero-order chi connectivity index (χ0) is 17.2. The number of nitrogens with zero attached hydrogens (tertiary/aromatic N) is 6. The standard InChI is InChI=1S/C17H22N6O2/c1-25-16-3-2-14(11-18-16)21-6-8-22(9-7-21)17(24)13-4-5-23-15(10-13)19-12-20-23/h2-3,11-13H,4-10H2,1H3. The Balaban J connectivity index is 1.34. The minimum Gasteiger partial charge on any atom is -0.481 e. The van der Waals surface area contributed by atoms with E-state index in [1.165, 1.54) is 0 Å². The predicted molar refractivity (Wildman–Crippen MR) is 91.4 cm³/mol. The van der Waals surface area contributed by atoms with Gasteiger partial charge in [-0.1, -0.05) is 0 Å². The fraction of sp³-hybridized carbons (Fsp3) is 0.529. The van der Waals surface area contributed by atoms with E-state index in [2.05, 4.69) is 20.0 Å². The van der Waals surface area contributed by atoms with E-state index >= 15 is 0 Å². The molecule has 1 unspecified atom stereocenters. The summed E-state index contributed by atoms with van der Waals surface area (Å²) in [7, 11) is 1.61. The lowest BCUT2D eigenvalue weighted by atomic mass is 9.96. The Bertz CT molecular complexity index is 736. The quantitative estimate of drug-likeness (QED) is 0.813. The van der Waals surface area contributed by atoms with Gasteiger partial charge in [0.25, 0.3) is 0 Å². The molecule has 132 valence electrons. The van der Waals surface area contributed by atoms with E-state index < -0.39 is 0 Å². The first-order valence-electron chi connectivity index (χ1n) is 8.65. The number of fused-ring (bicyclic) bond motifs is 1. The van der Waals surface area contributed by atoms with Crippen LogP contribution in [-0.4, -0.2) is 63.8 Å². The van der Waals surface area contributed by atoms with Gasteiger partial charge in [0.05, 0.1) is 19.0 Å². The van der Waals surface area contributed by atoms with Crippen molar-refractivity contribution >= 4 is 11.6 Å². The lowest BCUT2D eigenvalue weighted by Crippen LogP contribution is -2.51. The summed E-state index contributed by atoms with van der Waals surface area (Å²) < 4.78 is 7.00. The Kier molecular flexibility index (Phi) is 4.25. The highest BCUT2D eigenvalue weighted by atomic mass is 16.5. The monoisotopic (exact) mass is 342 g/mol. The maximum atomic E-state index is 12.8. The van der Waals surface area contributed by atoms with Crippen LogP contribution < -0.4 is 9.64 Å². The van der Waals surface area contributed by atoms with E-state index in [-0.39, 0.29) is 11.8 Å². The highest BCUT2D eigenvalue weighted by Crippen LogP contribution is 2.22. The summed E-state index contributed by atoms with van der Waals surface area (Å²) in [6, 6.07) is 3.88. The Morgan fingerprint density at radius 1 is 1.16 bits per heavy atom. The van der Waals surface area contributed by atoms with Gasteiger partial charge >= 0.3 is 0 Å². The molecule has 0 saturated carbocycles. The number of anilines is 1. The minimum atomic E-state index is 0.0332. The number of amides is 1. The van der Waals surface area contributed by atoms with Crippen LogP contribution in [0.1, 0.15) is 12.2 Å². The third-order valence-corrected chi connectivity index (χ3v) is 5.05. The average molecular weight is 342 g/mol. The summed E-state index contributed by atoms with van der Waals surface area (Å²) >= 11 is 0. The van der Waals surface area contributed by atoms with Crippen LogP contribution in [0, 0.1) is 5.92 Å². The molecule has 4 rings (SSSR count). The topological polar surface area (TPSA) is 76.4 Å². The van der Waals surface area contributed by atoms with Gasteiger partial charge in [-0.25, -0.2) is 9.97 Å². The summed E-state index contributed by atoms with van der Waals surface area (Å²) in [6.45, 7) is 3.91. The SMILES string of the molecule is COc1ccc(N2CCN(C(=O)C3CCn4ncnc4C3)CC2)cn1. The molecule has 8 heteroatoms. The zero-order valence-electron chi connectivity index (χ0n) is 14.3. The molecule has 1 saturated heterocycles. The lowest BCUT2D eigenvalue weighted by Gasteiger charge is -2.38. The van der Waals surface area contributed by atoms with Crippen LogP contribution in [0.2, 0.25) is 0 Å². The number of aromatic nitrogens is 4. The molecule has 2 aliphatic heterocycles. The van der Waals surface area contributed by atoms with Gasteiger partial charge in [-0.3, -0.25) is 9.48 Å². The van der Waals surface area contributed by atoms with Crippen molar-refractivity contribution in [2.45, 2.75) is 19.4 Å². The van der Waals surface area contributed by atoms with Gasteiger partial charge < -0.3 is 14.5 Å². The van der Waals surface area contributed by atoms with E-state index in [9.17, 15) is 4.79 Å². The van der Waals surface area contributed by atoms with Crippen LogP contribution in [0.4, 0.5) is 5.69 Å². The van der Waals surface area contributed by atoms with E-state index in [1.54, 1.807) is 13.4 Å². The number of aryl methyl sites for hydroxylation is 1. The van der Waals surface area contributed by atoms with E-state index in [1.807, 2.05) is 27.9 Å². The Labute approximate surface area is 146 Å². The second-order valence-electron chi connectivity index (χ2n) is 6.46. The minimum absolute atomic E-state index is 0.0332. The van der Waals surface area contributed by atoms with Gasteiger partial charge in [0.2, 0.25) is 11.8 Å². The third kappa shape index (κ3) is 3.16. The first-order valence-corrected chi connectivity index (χ1v) is 8.65. The second-order valence-corrected chi connectivity index (χ2v) is 6.46. The number of pyridine rings is 1. The van der Waals surface area contributed by atoms with Gasteiger partial charge in [-0.2, -0.15) is 5.10 Å². The lowest BCUT2D eigenvalue weighted by molar-refractivity contribution is -0.136. The summed E-state index contributed by atoms with van der Waals surface area (Å²) in [5.41, 5.74) is 1.07. The van der Waals surface area contributed by atoms with Crippen LogP contribution in [0.3, 0.4) is 0 Å². The molecule has 1 atom stereocenters. The van der Waals surface area contributed by atoms with Crippen LogP contribution >= 0.6 is 0 Å². The van der Waals surface area contributed by atoms with Crippen molar-refractivity contribution in [2.75, 3.05) is 38.2 Å². The number of ether oxygens (including phenoxy) is 1. The van der Waals surface area contributed by atoms with E-state index in [4.69, 9.17) is 4.74 Å². The number of rotatable bonds is 3. The van der Waals surface area contributed by atoms with Crippen molar-refractivity contribution in [3.05, 3.63) is 30.5 Å². The summed E-state index contributed by atoms with van der Waals surface area (Å²) in [5, 5.41) is 4.18. The largest absolute Gasteiger partial charge is 0.481 e. The molecule has 2 aromatic heterocycles. The summed E-state index contributed by atoms with van der Waals surface area (Å²) in [5.74, 6) is 1.82. The normalized spacial score (nSPS) is 20.3. The fourth-order valence-corrected chi connectivity index (χ4v) is 3.57. The Morgan fingerprint density at radius 2 is 2.00 bits per heavy atom. The molecule has 0 radical (unpaired) electrons. The zero-order valence-corrected chi connectivity index (χ0v) is 14.3. The van der Waals surface area contributed by atoms with Crippen molar-refractivity contribution in [1.29, 1.82) is 0 Å². The van der Waals surface area contributed by atoms with Crippen molar-refractivity contribution in [1.82, 2.24) is 24.6 Å². The maximum absolute atomic E-state index is 12.8. The molecule has 0 spiro atoms.